The van der Waals surface area contributed by atoms with Gasteiger partial charge in [-0.2, -0.15) is 0 Å². The first-order valence-corrected chi connectivity index (χ1v) is 30.8. The van der Waals surface area contributed by atoms with Crippen molar-refractivity contribution in [2.75, 3.05) is 66.5 Å². The Morgan fingerprint density at radius 1 is 0.537 bits per heavy atom. The van der Waals surface area contributed by atoms with Gasteiger partial charge in [0.1, 0.15) is 33.1 Å². The van der Waals surface area contributed by atoms with Gasteiger partial charge >= 0.3 is 12.1 Å². The highest BCUT2D eigenvalue weighted by atomic mass is 32.1. The van der Waals surface area contributed by atoms with Crippen LogP contribution >= 0.6 is 22.7 Å². The number of likely N-dealkylation sites (tertiary alicyclic amines) is 4. The second-order valence-electron chi connectivity index (χ2n) is 22.0. The number of aromatic nitrogens is 4. The monoisotopic (exact) mass is 1150 g/mol. The zero-order chi connectivity index (χ0) is 57.3. The molecule has 0 bridgehead atoms. The van der Waals surface area contributed by atoms with E-state index in [1.165, 1.54) is 0 Å². The van der Waals surface area contributed by atoms with Gasteiger partial charge < -0.3 is 51.5 Å². The quantitative estimate of drug-likeness (QED) is 0.0456. The second kappa shape index (κ2) is 26.8. The fourth-order valence-corrected chi connectivity index (χ4v) is 14.1. The minimum absolute atomic E-state index is 0.120. The lowest BCUT2D eigenvalue weighted by molar-refractivity contribution is -0.139. The number of benzene rings is 2. The number of nitrogens with zero attached hydrogens (tertiary/aromatic N) is 8. The first kappa shape index (κ1) is 58.1. The maximum absolute atomic E-state index is 14.7. The molecule has 10 rings (SSSR count). The number of fused-ring (bicyclic) bond motifs is 2. The Morgan fingerprint density at radius 3 is 1.30 bits per heavy atom. The Kier molecular flexibility index (Phi) is 19.0. The smallest absolute Gasteiger partial charge is 0.317 e. The SMILES string of the molecule is CN[C@@H](C)C(=O)N[C@H](C(=O)N1CCCC1c1nc2c(-c3ccccc3)nccc2s1)C1CCN(C(=O)NCCCCNC(=O)N2CCC([C@H](NC(=O)[C@H](C)NC)C(=O)N3CCC[C@H]3c3nc4c(-c5ccccc5)nccc4s3)CC2)CC1. The number of carbonyl (C=O) groups is 6. The predicted molar refractivity (Wildman–Crippen MR) is 319 cm³/mol. The molecule has 4 aliphatic rings. The van der Waals surface area contributed by atoms with Gasteiger partial charge in [0.15, 0.2) is 0 Å². The molecule has 6 aromatic rings. The molecule has 6 N–H and O–H groups in total. The van der Waals surface area contributed by atoms with Crippen LogP contribution in [0.1, 0.15) is 100 Å². The number of unbranched alkanes of at least 4 members (excludes halogenated alkanes) is 1. The molecule has 82 heavy (non-hydrogen) atoms. The zero-order valence-corrected chi connectivity index (χ0v) is 48.9. The molecule has 8 amide bonds. The second-order valence-corrected chi connectivity index (χ2v) is 24.2. The van der Waals surface area contributed by atoms with Gasteiger partial charge in [-0.05, 0) is 116 Å². The van der Waals surface area contributed by atoms with Crippen LogP contribution in [0.3, 0.4) is 0 Å². The van der Waals surface area contributed by atoms with Gasteiger partial charge in [-0.15, -0.1) is 22.7 Å². The number of rotatable bonds is 19. The zero-order valence-electron chi connectivity index (χ0n) is 47.3. The molecule has 1 unspecified atom stereocenters. The largest absolute Gasteiger partial charge is 0.343 e. The van der Waals surface area contributed by atoms with Crippen LogP contribution in [-0.4, -0.2) is 166 Å². The minimum Gasteiger partial charge on any atom is -0.343 e. The number of likely N-dealkylation sites (N-methyl/N-ethyl adjacent to an activating group) is 2. The van der Waals surface area contributed by atoms with Crippen LogP contribution < -0.4 is 31.9 Å². The van der Waals surface area contributed by atoms with E-state index in [1.807, 2.05) is 82.6 Å². The summed E-state index contributed by atoms with van der Waals surface area (Å²) in [4.78, 5) is 110. The minimum atomic E-state index is -0.759. The lowest BCUT2D eigenvalue weighted by Gasteiger charge is -2.38. The fourth-order valence-electron chi connectivity index (χ4n) is 11.9. The van der Waals surface area contributed by atoms with Crippen molar-refractivity contribution < 1.29 is 28.8 Å². The van der Waals surface area contributed by atoms with E-state index in [2.05, 4.69) is 41.9 Å². The third-order valence-corrected chi connectivity index (χ3v) is 19.2. The van der Waals surface area contributed by atoms with Crippen LogP contribution in [0.4, 0.5) is 9.59 Å². The summed E-state index contributed by atoms with van der Waals surface area (Å²) in [6, 6.07) is 20.6. The summed E-state index contributed by atoms with van der Waals surface area (Å²) in [6.45, 7) is 7.29. The highest BCUT2D eigenvalue weighted by Gasteiger charge is 2.43. The normalized spacial score (nSPS) is 19.5. The van der Waals surface area contributed by atoms with Crippen LogP contribution in [0.5, 0.6) is 0 Å². The highest BCUT2D eigenvalue weighted by Crippen LogP contribution is 2.42. The molecule has 20 nitrogen and oxygen atoms in total. The van der Waals surface area contributed by atoms with E-state index in [1.54, 1.807) is 72.8 Å². The van der Waals surface area contributed by atoms with E-state index in [0.29, 0.717) is 90.9 Å². The third-order valence-electron chi connectivity index (χ3n) is 16.9. The molecule has 0 aliphatic carbocycles. The lowest BCUT2D eigenvalue weighted by Crippen LogP contribution is -2.57. The van der Waals surface area contributed by atoms with Crippen molar-refractivity contribution in [3.8, 4) is 22.5 Å². The van der Waals surface area contributed by atoms with Crippen molar-refractivity contribution in [1.82, 2.24) is 71.4 Å². The summed E-state index contributed by atoms with van der Waals surface area (Å²) < 4.78 is 2.01. The molecule has 434 valence electrons. The number of nitrogens with one attached hydrogen (secondary N) is 6. The highest BCUT2D eigenvalue weighted by molar-refractivity contribution is 7.19. The summed E-state index contributed by atoms with van der Waals surface area (Å²) in [5.41, 5.74) is 5.21. The molecule has 0 spiro atoms. The molecule has 4 aromatic heterocycles. The van der Waals surface area contributed by atoms with Gasteiger partial charge in [-0.3, -0.25) is 29.1 Å². The molecule has 4 fully saturated rings. The number of urea groups is 2. The van der Waals surface area contributed by atoms with Crippen molar-refractivity contribution in [2.45, 2.75) is 114 Å². The van der Waals surface area contributed by atoms with Crippen molar-refractivity contribution in [1.29, 1.82) is 0 Å². The molecule has 22 heteroatoms. The molecule has 0 radical (unpaired) electrons. The van der Waals surface area contributed by atoms with E-state index in [4.69, 9.17) is 9.97 Å². The maximum atomic E-state index is 14.7. The molecule has 4 saturated heterocycles. The van der Waals surface area contributed by atoms with Gasteiger partial charge in [0.25, 0.3) is 0 Å². The Bertz CT molecular complexity index is 2990. The van der Waals surface area contributed by atoms with E-state index in [-0.39, 0.29) is 59.6 Å². The van der Waals surface area contributed by atoms with Crippen LogP contribution in [-0.2, 0) is 19.2 Å². The van der Waals surface area contributed by atoms with E-state index in [0.717, 1.165) is 78.6 Å². The van der Waals surface area contributed by atoms with Gasteiger partial charge in [0.2, 0.25) is 23.6 Å². The van der Waals surface area contributed by atoms with Crippen LogP contribution in [0.2, 0.25) is 0 Å². The summed E-state index contributed by atoms with van der Waals surface area (Å²) >= 11 is 3.17. The third kappa shape index (κ3) is 13.0. The van der Waals surface area contributed by atoms with Crippen LogP contribution in [0, 0.1) is 11.8 Å². The van der Waals surface area contributed by atoms with Crippen LogP contribution in [0.15, 0.2) is 85.2 Å². The molecule has 8 heterocycles. The number of hydrogen-bond donors (Lipinski definition) is 6. The Balaban J connectivity index is 0.680. The first-order valence-electron chi connectivity index (χ1n) is 29.1. The predicted octanol–water partition coefficient (Wildman–Crippen LogP) is 6.87. The van der Waals surface area contributed by atoms with Gasteiger partial charge in [-0.1, -0.05) is 60.7 Å². The number of piperidine rings is 2. The summed E-state index contributed by atoms with van der Waals surface area (Å²) in [6.07, 6.45) is 10.3. The molecule has 6 atom stereocenters. The average molecular weight is 1150 g/mol. The Hall–Kier alpha value is -7.14. The number of pyridine rings is 2. The molecule has 2 aromatic carbocycles. The van der Waals surface area contributed by atoms with E-state index >= 15 is 0 Å². The Morgan fingerprint density at radius 2 is 0.927 bits per heavy atom. The van der Waals surface area contributed by atoms with Crippen molar-refractivity contribution >= 4 is 78.8 Å². The molecular formula is C60H76N14O6S2. The summed E-state index contributed by atoms with van der Waals surface area (Å²) in [5, 5.41) is 20.0. The first-order chi connectivity index (χ1) is 39.9. The lowest BCUT2D eigenvalue weighted by atomic mass is 9.88. The van der Waals surface area contributed by atoms with E-state index < -0.39 is 24.2 Å². The fraction of sp³-hybridized carbons (Fsp3) is 0.500. The molecule has 4 aliphatic heterocycles. The summed E-state index contributed by atoms with van der Waals surface area (Å²) in [7, 11) is 3.44. The number of thiazole rings is 2. The maximum Gasteiger partial charge on any atom is 0.317 e. The van der Waals surface area contributed by atoms with Gasteiger partial charge in [0, 0.05) is 75.9 Å². The number of carbonyl (C=O) groups excluding carboxylic acids is 6. The van der Waals surface area contributed by atoms with Crippen LogP contribution in [0.25, 0.3) is 42.9 Å². The van der Waals surface area contributed by atoms with Crippen molar-refractivity contribution in [3.05, 3.63) is 95.2 Å². The van der Waals surface area contributed by atoms with Crippen molar-refractivity contribution in [2.24, 2.45) is 11.8 Å². The van der Waals surface area contributed by atoms with Gasteiger partial charge in [-0.25, -0.2) is 19.6 Å². The standard InChI is InChI=1S/C60H76N14O6S2/c1-37(61-3)53(75)67-49(57(77)73-31-13-19-43(73)55-69-51-45(81-55)21-29-63-47(51)39-15-7-5-8-16-39)41-23-33-71(34-24-41)59(79)65-27-11-12-28-66-60(80)72-35-25-42(26-36-72)50(68-54(76)38(2)62-4)58(78)74-32-14-20-44(74)56-70-52-46(82-56)22-30-64-48(52)40-17-9-6-10-18-40/h5-10,15-18,21-22,29-30,37-38,41-44,49-50,61-62H,11-14,19-20,23-28,31-36H2,1-4H3,(H,65,79)(H,66,80)(H,67,75)(H,68,76)/t37-,38-,43-,44?,49-,50-/m0/s1. The molecule has 0 saturated carbocycles. The number of amides is 8. The van der Waals surface area contributed by atoms with Gasteiger partial charge in [0.05, 0.1) is 45.0 Å². The number of hydrogen-bond acceptors (Lipinski definition) is 14. The summed E-state index contributed by atoms with van der Waals surface area (Å²) in [5.74, 6) is -1.09. The van der Waals surface area contributed by atoms with Crippen molar-refractivity contribution in [3.63, 3.8) is 0 Å². The average Bonchev–Trinajstić information content (AvgIpc) is 4.45. The topological polar surface area (TPSA) is 239 Å². The van der Waals surface area contributed by atoms with E-state index in [9.17, 15) is 28.8 Å². The Labute approximate surface area is 487 Å². The molecular weight excluding hydrogens is 1080 g/mol.